The summed E-state index contributed by atoms with van der Waals surface area (Å²) in [6, 6.07) is 4.25. The second-order valence-corrected chi connectivity index (χ2v) is 3.86. The van der Waals surface area contributed by atoms with Crippen molar-refractivity contribution in [2.24, 2.45) is 0 Å². The molecule has 0 atom stereocenters. The summed E-state index contributed by atoms with van der Waals surface area (Å²) in [6.45, 7) is 0. The molecule has 5 nitrogen and oxygen atoms in total. The lowest BCUT2D eigenvalue weighted by atomic mass is 10.2. The summed E-state index contributed by atoms with van der Waals surface area (Å²) < 4.78 is 42.2. The summed E-state index contributed by atoms with van der Waals surface area (Å²) in [7, 11) is 2.44. The van der Waals surface area contributed by atoms with Gasteiger partial charge in [-0.2, -0.15) is 13.2 Å². The van der Waals surface area contributed by atoms with Gasteiger partial charge in [0, 0.05) is 12.7 Å². The molecular weight excluding hydrogens is 289 g/mol. The van der Waals surface area contributed by atoms with Crippen molar-refractivity contribution in [2.45, 2.75) is 6.18 Å². The van der Waals surface area contributed by atoms with Crippen molar-refractivity contribution in [1.29, 1.82) is 0 Å². The third kappa shape index (κ3) is 4.83. The van der Waals surface area contributed by atoms with E-state index in [2.05, 4.69) is 15.4 Å². The maximum absolute atomic E-state index is 12.6. The van der Waals surface area contributed by atoms with Crippen LogP contribution in [0.2, 0.25) is 0 Å². The molecule has 0 saturated heterocycles. The number of alkyl halides is 3. The molecule has 1 aromatic rings. The SMILES string of the molecule is CNC(=O)/C(=C/C(=O)OC)Nc1cccc(C(F)(F)F)c1. The predicted molar refractivity (Wildman–Crippen MR) is 69.2 cm³/mol. The van der Waals surface area contributed by atoms with Gasteiger partial charge in [-0.25, -0.2) is 4.79 Å². The summed E-state index contributed by atoms with van der Waals surface area (Å²) >= 11 is 0. The number of likely N-dealkylation sites (N-methyl/N-ethyl adjacent to an activating group) is 1. The molecule has 0 aliphatic heterocycles. The van der Waals surface area contributed by atoms with Crippen molar-refractivity contribution >= 4 is 17.6 Å². The van der Waals surface area contributed by atoms with E-state index in [1.54, 1.807) is 0 Å². The van der Waals surface area contributed by atoms with Crippen LogP contribution in [-0.2, 0) is 20.5 Å². The zero-order valence-corrected chi connectivity index (χ0v) is 11.2. The van der Waals surface area contributed by atoms with E-state index in [1.165, 1.54) is 19.2 Å². The normalized spacial score (nSPS) is 11.8. The third-order valence-electron chi connectivity index (χ3n) is 2.40. The molecule has 0 aliphatic rings. The molecule has 0 radical (unpaired) electrons. The average Bonchev–Trinajstić information content (AvgIpc) is 2.45. The highest BCUT2D eigenvalue weighted by atomic mass is 19.4. The Labute approximate surface area is 118 Å². The van der Waals surface area contributed by atoms with Crippen LogP contribution in [0.1, 0.15) is 5.56 Å². The Morgan fingerprint density at radius 3 is 2.48 bits per heavy atom. The number of hydrogen-bond acceptors (Lipinski definition) is 4. The highest BCUT2D eigenvalue weighted by molar-refractivity contribution is 6.01. The molecule has 0 unspecified atom stereocenters. The molecule has 0 aromatic heterocycles. The highest BCUT2D eigenvalue weighted by Crippen LogP contribution is 2.30. The van der Waals surface area contributed by atoms with Gasteiger partial charge in [0.15, 0.2) is 0 Å². The fourth-order valence-corrected chi connectivity index (χ4v) is 1.40. The van der Waals surface area contributed by atoms with Gasteiger partial charge in [-0.3, -0.25) is 4.79 Å². The first kappa shape index (κ1) is 16.5. The zero-order chi connectivity index (χ0) is 16.0. The molecule has 8 heteroatoms. The van der Waals surface area contributed by atoms with Crippen LogP contribution in [0.4, 0.5) is 18.9 Å². The maximum Gasteiger partial charge on any atom is 0.416 e. The molecular formula is C13H13F3N2O3. The topological polar surface area (TPSA) is 67.4 Å². The van der Waals surface area contributed by atoms with Crippen molar-refractivity contribution in [3.8, 4) is 0 Å². The largest absolute Gasteiger partial charge is 0.466 e. The zero-order valence-electron chi connectivity index (χ0n) is 11.2. The van der Waals surface area contributed by atoms with E-state index in [4.69, 9.17) is 0 Å². The number of methoxy groups -OCH3 is 1. The van der Waals surface area contributed by atoms with E-state index in [0.717, 1.165) is 25.3 Å². The van der Waals surface area contributed by atoms with E-state index < -0.39 is 23.6 Å². The number of esters is 1. The van der Waals surface area contributed by atoms with Gasteiger partial charge in [0.05, 0.1) is 18.7 Å². The van der Waals surface area contributed by atoms with Crippen LogP contribution in [0.5, 0.6) is 0 Å². The number of benzene rings is 1. The van der Waals surface area contributed by atoms with Crippen molar-refractivity contribution in [3.63, 3.8) is 0 Å². The lowest BCUT2D eigenvalue weighted by Crippen LogP contribution is -2.25. The smallest absolute Gasteiger partial charge is 0.416 e. The van der Waals surface area contributed by atoms with E-state index in [9.17, 15) is 22.8 Å². The van der Waals surface area contributed by atoms with Crippen LogP contribution < -0.4 is 10.6 Å². The van der Waals surface area contributed by atoms with Crippen LogP contribution in [0.15, 0.2) is 36.0 Å². The highest BCUT2D eigenvalue weighted by Gasteiger charge is 2.30. The summed E-state index contributed by atoms with van der Waals surface area (Å²) in [5.74, 6) is -1.48. The van der Waals surface area contributed by atoms with Crippen molar-refractivity contribution in [2.75, 3.05) is 19.5 Å². The van der Waals surface area contributed by atoms with Gasteiger partial charge in [0.2, 0.25) is 0 Å². The second-order valence-electron chi connectivity index (χ2n) is 3.86. The maximum atomic E-state index is 12.6. The fourth-order valence-electron chi connectivity index (χ4n) is 1.40. The molecule has 21 heavy (non-hydrogen) atoms. The quantitative estimate of drug-likeness (QED) is 0.659. The molecule has 0 spiro atoms. The molecule has 0 bridgehead atoms. The first-order chi connectivity index (χ1) is 9.77. The van der Waals surface area contributed by atoms with Crippen LogP contribution >= 0.6 is 0 Å². The third-order valence-corrected chi connectivity index (χ3v) is 2.40. The number of halogens is 3. The minimum atomic E-state index is -4.50. The fraction of sp³-hybridized carbons (Fsp3) is 0.231. The van der Waals surface area contributed by atoms with E-state index in [-0.39, 0.29) is 11.4 Å². The van der Waals surface area contributed by atoms with Gasteiger partial charge in [0.1, 0.15) is 5.70 Å². The Morgan fingerprint density at radius 2 is 1.95 bits per heavy atom. The first-order valence-electron chi connectivity index (χ1n) is 5.74. The molecule has 0 aliphatic carbocycles. The van der Waals surface area contributed by atoms with Gasteiger partial charge in [-0.1, -0.05) is 6.07 Å². The Bertz CT molecular complexity index is 568. The number of nitrogens with one attached hydrogen (secondary N) is 2. The van der Waals surface area contributed by atoms with Crippen LogP contribution in [-0.4, -0.2) is 26.0 Å². The molecule has 2 N–H and O–H groups in total. The lowest BCUT2D eigenvalue weighted by Gasteiger charge is -2.12. The minimum Gasteiger partial charge on any atom is -0.466 e. The molecule has 0 fully saturated rings. The summed E-state index contributed by atoms with van der Waals surface area (Å²) in [5, 5.41) is 4.72. The second kappa shape index (κ2) is 6.78. The minimum absolute atomic E-state index is 0.0172. The predicted octanol–water partition coefficient (Wildman–Crippen LogP) is 1.92. The first-order valence-corrected chi connectivity index (χ1v) is 5.74. The number of carbonyl (C=O) groups is 2. The molecule has 0 saturated carbocycles. The molecule has 0 heterocycles. The van der Waals surface area contributed by atoms with Gasteiger partial charge in [-0.05, 0) is 18.2 Å². The Kier molecular flexibility index (Phi) is 5.34. The van der Waals surface area contributed by atoms with Crippen molar-refractivity contribution in [3.05, 3.63) is 41.6 Å². The Morgan fingerprint density at radius 1 is 1.29 bits per heavy atom. The van der Waals surface area contributed by atoms with Gasteiger partial charge >= 0.3 is 12.1 Å². The number of hydrogen-bond donors (Lipinski definition) is 2. The van der Waals surface area contributed by atoms with E-state index >= 15 is 0 Å². The molecule has 1 aromatic carbocycles. The van der Waals surface area contributed by atoms with Crippen molar-refractivity contribution < 1.29 is 27.5 Å². The number of anilines is 1. The van der Waals surface area contributed by atoms with Crippen LogP contribution in [0.25, 0.3) is 0 Å². The van der Waals surface area contributed by atoms with E-state index in [1.807, 2.05) is 0 Å². The molecule has 114 valence electrons. The van der Waals surface area contributed by atoms with Gasteiger partial charge < -0.3 is 15.4 Å². The summed E-state index contributed by atoms with van der Waals surface area (Å²) in [5.41, 5.74) is -1.09. The Balaban J connectivity index is 3.07. The molecule has 1 rings (SSSR count). The number of rotatable bonds is 4. The summed E-state index contributed by atoms with van der Waals surface area (Å²) in [4.78, 5) is 22.7. The summed E-state index contributed by atoms with van der Waals surface area (Å²) in [6.07, 6.45) is -3.66. The van der Waals surface area contributed by atoms with Gasteiger partial charge in [-0.15, -0.1) is 0 Å². The lowest BCUT2D eigenvalue weighted by molar-refractivity contribution is -0.137. The number of carbonyl (C=O) groups excluding carboxylic acids is 2. The average molecular weight is 302 g/mol. The van der Waals surface area contributed by atoms with Crippen LogP contribution in [0, 0.1) is 0 Å². The number of ether oxygens (including phenoxy) is 1. The molecule has 1 amide bonds. The monoisotopic (exact) mass is 302 g/mol. The van der Waals surface area contributed by atoms with Gasteiger partial charge in [0.25, 0.3) is 5.91 Å². The van der Waals surface area contributed by atoms with Crippen LogP contribution in [0.3, 0.4) is 0 Å². The van der Waals surface area contributed by atoms with E-state index in [0.29, 0.717) is 0 Å². The standard InChI is InChI=1S/C13H13F3N2O3/c1-17-12(20)10(7-11(19)21-2)18-9-5-3-4-8(6-9)13(14,15)16/h3-7,18H,1-2H3,(H,17,20)/b10-7-. The Hall–Kier alpha value is -2.51. The number of amides is 1. The van der Waals surface area contributed by atoms with Crippen molar-refractivity contribution in [1.82, 2.24) is 5.32 Å².